The largest absolute Gasteiger partial charge is 0.456 e. The fourth-order valence-electron chi connectivity index (χ4n) is 3.12. The molecular weight excluding hydrogens is 354 g/mol. The summed E-state index contributed by atoms with van der Waals surface area (Å²) in [5, 5.41) is 13.1. The molecule has 4 rings (SSSR count). The first kappa shape index (κ1) is 17.4. The molecule has 0 unspecified atom stereocenters. The Morgan fingerprint density at radius 3 is 2.50 bits per heavy atom. The van der Waals surface area contributed by atoms with Crippen LogP contribution in [0.15, 0.2) is 89.4 Å². The van der Waals surface area contributed by atoms with Gasteiger partial charge in [0.25, 0.3) is 5.69 Å². The molecule has 0 atom stereocenters. The van der Waals surface area contributed by atoms with Crippen molar-refractivity contribution >= 4 is 28.3 Å². The van der Waals surface area contributed by atoms with E-state index in [-0.39, 0.29) is 11.5 Å². The van der Waals surface area contributed by atoms with E-state index in [2.05, 4.69) is 0 Å². The first-order chi connectivity index (χ1) is 13.6. The molecule has 0 spiro atoms. The number of carbonyl (C=O) groups excluding carboxylic acids is 1. The van der Waals surface area contributed by atoms with Gasteiger partial charge >= 0.3 is 0 Å². The van der Waals surface area contributed by atoms with E-state index in [1.165, 1.54) is 12.1 Å². The Labute approximate surface area is 160 Å². The Morgan fingerprint density at radius 2 is 1.64 bits per heavy atom. The van der Waals surface area contributed by atoms with E-state index in [9.17, 15) is 14.9 Å². The molecule has 5 nitrogen and oxygen atoms in total. The maximum absolute atomic E-state index is 12.6. The van der Waals surface area contributed by atoms with Gasteiger partial charge in [-0.05, 0) is 41.1 Å². The molecule has 1 aromatic heterocycles. The molecule has 0 aliphatic heterocycles. The number of fused-ring (bicyclic) bond motifs is 1. The molecule has 0 aliphatic carbocycles. The standard InChI is InChI=1S/C23H15NO4/c25-22(19-10-5-7-16-6-1-2-8-18(16)19)14-12-17-13-15-23(28-17)20-9-3-4-11-21(20)24(26)27/h1-15H/b14-12+. The number of ketones is 1. The number of benzene rings is 3. The molecule has 0 aliphatic rings. The Hall–Kier alpha value is -3.99. The summed E-state index contributed by atoms with van der Waals surface area (Å²) in [5.41, 5.74) is 0.978. The normalized spacial score (nSPS) is 11.1. The second-order valence-electron chi connectivity index (χ2n) is 6.20. The molecule has 136 valence electrons. The fraction of sp³-hybridized carbons (Fsp3) is 0. The third-order valence-electron chi connectivity index (χ3n) is 4.45. The summed E-state index contributed by atoms with van der Waals surface area (Å²) in [6.07, 6.45) is 3.02. The van der Waals surface area contributed by atoms with Crippen LogP contribution in [0, 0.1) is 10.1 Å². The Bertz CT molecular complexity index is 1210. The third kappa shape index (κ3) is 3.33. The third-order valence-corrected chi connectivity index (χ3v) is 4.45. The van der Waals surface area contributed by atoms with Crippen LogP contribution in [-0.4, -0.2) is 10.7 Å². The highest BCUT2D eigenvalue weighted by atomic mass is 16.6. The minimum atomic E-state index is -0.447. The maximum atomic E-state index is 12.6. The van der Waals surface area contributed by atoms with Gasteiger partial charge in [-0.25, -0.2) is 0 Å². The molecule has 1 heterocycles. The monoisotopic (exact) mass is 369 g/mol. The van der Waals surface area contributed by atoms with Crippen LogP contribution < -0.4 is 0 Å². The fourth-order valence-corrected chi connectivity index (χ4v) is 3.12. The second kappa shape index (κ2) is 7.32. The van der Waals surface area contributed by atoms with E-state index in [4.69, 9.17) is 4.42 Å². The van der Waals surface area contributed by atoms with E-state index in [1.807, 2.05) is 36.4 Å². The van der Waals surface area contributed by atoms with Gasteiger partial charge in [0.05, 0.1) is 10.5 Å². The average Bonchev–Trinajstić information content (AvgIpc) is 3.20. The van der Waals surface area contributed by atoms with Crippen molar-refractivity contribution < 1.29 is 14.1 Å². The summed E-state index contributed by atoms with van der Waals surface area (Å²) in [5.74, 6) is 0.687. The minimum absolute atomic E-state index is 0.0285. The van der Waals surface area contributed by atoms with Crippen molar-refractivity contribution in [2.75, 3.05) is 0 Å². The molecule has 0 bridgehead atoms. The van der Waals surface area contributed by atoms with Crippen LogP contribution in [-0.2, 0) is 0 Å². The number of para-hydroxylation sites is 1. The van der Waals surface area contributed by atoms with Crippen LogP contribution in [0.2, 0.25) is 0 Å². The van der Waals surface area contributed by atoms with Crippen molar-refractivity contribution in [1.29, 1.82) is 0 Å². The van der Waals surface area contributed by atoms with Gasteiger partial charge in [0.2, 0.25) is 0 Å². The molecule has 0 saturated carbocycles. The van der Waals surface area contributed by atoms with Crippen LogP contribution in [0.25, 0.3) is 28.2 Å². The zero-order valence-electron chi connectivity index (χ0n) is 14.7. The van der Waals surface area contributed by atoms with Gasteiger partial charge in [0, 0.05) is 11.6 Å². The van der Waals surface area contributed by atoms with Crippen molar-refractivity contribution in [3.05, 3.63) is 106 Å². The number of nitro benzene ring substituents is 1. The highest BCUT2D eigenvalue weighted by Gasteiger charge is 2.16. The van der Waals surface area contributed by atoms with Gasteiger partial charge in [-0.2, -0.15) is 0 Å². The molecule has 0 radical (unpaired) electrons. The van der Waals surface area contributed by atoms with Crippen LogP contribution in [0.3, 0.4) is 0 Å². The number of allylic oxidation sites excluding steroid dienone is 1. The van der Waals surface area contributed by atoms with Crippen molar-refractivity contribution in [3.63, 3.8) is 0 Å². The number of nitrogens with zero attached hydrogens (tertiary/aromatic N) is 1. The predicted octanol–water partition coefficient (Wildman–Crippen LogP) is 5.90. The van der Waals surface area contributed by atoms with Gasteiger partial charge in [0.1, 0.15) is 11.5 Å². The van der Waals surface area contributed by atoms with Gasteiger partial charge in [-0.15, -0.1) is 0 Å². The Kier molecular flexibility index (Phi) is 4.56. The van der Waals surface area contributed by atoms with Crippen LogP contribution in [0.1, 0.15) is 16.1 Å². The van der Waals surface area contributed by atoms with E-state index in [0.29, 0.717) is 22.6 Å². The number of hydrogen-bond donors (Lipinski definition) is 0. The lowest BCUT2D eigenvalue weighted by Gasteiger charge is -2.02. The van der Waals surface area contributed by atoms with E-state index in [0.717, 1.165) is 10.8 Å². The van der Waals surface area contributed by atoms with Crippen molar-refractivity contribution in [2.45, 2.75) is 0 Å². The summed E-state index contributed by atoms with van der Waals surface area (Å²) >= 11 is 0. The lowest BCUT2D eigenvalue weighted by atomic mass is 10.0. The molecule has 28 heavy (non-hydrogen) atoms. The number of nitro groups is 1. The summed E-state index contributed by atoms with van der Waals surface area (Å²) in [6, 6.07) is 23.0. The number of carbonyl (C=O) groups is 1. The molecule has 0 amide bonds. The second-order valence-corrected chi connectivity index (χ2v) is 6.20. The summed E-state index contributed by atoms with van der Waals surface area (Å²) < 4.78 is 5.69. The first-order valence-electron chi connectivity index (χ1n) is 8.67. The van der Waals surface area contributed by atoms with Gasteiger partial charge in [-0.3, -0.25) is 14.9 Å². The highest BCUT2D eigenvalue weighted by molar-refractivity contribution is 6.14. The van der Waals surface area contributed by atoms with E-state index < -0.39 is 4.92 Å². The summed E-state index contributed by atoms with van der Waals surface area (Å²) in [6.45, 7) is 0. The molecule has 0 saturated heterocycles. The number of rotatable bonds is 5. The van der Waals surface area contributed by atoms with Gasteiger partial charge in [0.15, 0.2) is 5.78 Å². The van der Waals surface area contributed by atoms with Crippen molar-refractivity contribution in [1.82, 2.24) is 0 Å². The molecular formula is C23H15NO4. The maximum Gasteiger partial charge on any atom is 0.280 e. The van der Waals surface area contributed by atoms with E-state index in [1.54, 1.807) is 42.5 Å². The molecule has 4 aromatic rings. The van der Waals surface area contributed by atoms with Gasteiger partial charge in [-0.1, -0.05) is 54.6 Å². The number of hydrogen-bond acceptors (Lipinski definition) is 4. The minimum Gasteiger partial charge on any atom is -0.456 e. The Morgan fingerprint density at radius 1 is 0.893 bits per heavy atom. The highest BCUT2D eigenvalue weighted by Crippen LogP contribution is 2.31. The van der Waals surface area contributed by atoms with Crippen molar-refractivity contribution in [3.8, 4) is 11.3 Å². The number of furan rings is 1. The zero-order chi connectivity index (χ0) is 19.5. The van der Waals surface area contributed by atoms with Crippen LogP contribution in [0.4, 0.5) is 5.69 Å². The average molecular weight is 369 g/mol. The smallest absolute Gasteiger partial charge is 0.280 e. The summed E-state index contributed by atoms with van der Waals surface area (Å²) in [4.78, 5) is 23.4. The zero-order valence-corrected chi connectivity index (χ0v) is 14.7. The quantitative estimate of drug-likeness (QED) is 0.190. The lowest BCUT2D eigenvalue weighted by molar-refractivity contribution is -0.384. The first-order valence-corrected chi connectivity index (χ1v) is 8.67. The Balaban J connectivity index is 1.61. The predicted molar refractivity (Wildman–Crippen MR) is 108 cm³/mol. The van der Waals surface area contributed by atoms with Gasteiger partial charge < -0.3 is 4.42 Å². The molecule has 3 aromatic carbocycles. The van der Waals surface area contributed by atoms with Crippen LogP contribution in [0.5, 0.6) is 0 Å². The topological polar surface area (TPSA) is 73.3 Å². The lowest BCUT2D eigenvalue weighted by Crippen LogP contribution is -1.95. The van der Waals surface area contributed by atoms with E-state index >= 15 is 0 Å². The van der Waals surface area contributed by atoms with Crippen molar-refractivity contribution in [2.24, 2.45) is 0 Å². The molecule has 0 fully saturated rings. The van der Waals surface area contributed by atoms with Crippen LogP contribution >= 0.6 is 0 Å². The molecule has 0 N–H and O–H groups in total. The SMILES string of the molecule is O=C(/C=C/c1ccc(-c2ccccc2[N+](=O)[O-])o1)c1cccc2ccccc12. The summed E-state index contributed by atoms with van der Waals surface area (Å²) in [7, 11) is 0. The molecule has 5 heteroatoms.